The molecule has 1 aliphatic rings. The lowest BCUT2D eigenvalue weighted by Crippen LogP contribution is -2.11. The molecule has 0 saturated carbocycles. The van der Waals surface area contributed by atoms with Crippen LogP contribution >= 0.6 is 0 Å². The summed E-state index contributed by atoms with van der Waals surface area (Å²) in [6.45, 7) is 0. The second-order valence-corrected chi connectivity index (χ2v) is 1.67. The van der Waals surface area contributed by atoms with Crippen LogP contribution in [0.5, 0.6) is 0 Å². The van der Waals surface area contributed by atoms with Crippen molar-refractivity contribution in [1.29, 1.82) is 0 Å². The van der Waals surface area contributed by atoms with Crippen LogP contribution in [0.4, 0.5) is 0 Å². The van der Waals surface area contributed by atoms with Crippen molar-refractivity contribution in [2.24, 2.45) is 5.73 Å². The van der Waals surface area contributed by atoms with Crippen LogP contribution in [0, 0.1) is 0 Å². The Kier molecular flexibility index (Phi) is 0.926. The number of allylic oxidation sites excluding steroid dienone is 1. The molecule has 0 aromatic carbocycles. The molecular formula is C5H9N. The van der Waals surface area contributed by atoms with Gasteiger partial charge in [-0.2, -0.15) is 0 Å². The summed E-state index contributed by atoms with van der Waals surface area (Å²) in [5.41, 5.74) is 5.45. The van der Waals surface area contributed by atoms with Gasteiger partial charge in [-0.25, -0.2) is 0 Å². The van der Waals surface area contributed by atoms with E-state index in [0.717, 1.165) is 6.42 Å². The van der Waals surface area contributed by atoms with Crippen molar-refractivity contribution >= 4 is 0 Å². The molecule has 0 saturated heterocycles. The number of nitrogens with two attached hydrogens (primary N) is 1. The highest BCUT2D eigenvalue weighted by molar-refractivity contribution is 4.98. The second-order valence-electron chi connectivity index (χ2n) is 1.67. The van der Waals surface area contributed by atoms with Crippen molar-refractivity contribution in [3.05, 3.63) is 12.2 Å². The maximum atomic E-state index is 5.45. The van der Waals surface area contributed by atoms with Gasteiger partial charge in [-0.1, -0.05) is 12.2 Å². The Morgan fingerprint density at radius 2 is 2.50 bits per heavy atom. The third kappa shape index (κ3) is 0.601. The van der Waals surface area contributed by atoms with E-state index in [2.05, 4.69) is 12.2 Å². The zero-order valence-corrected chi connectivity index (χ0v) is 3.72. The van der Waals surface area contributed by atoms with E-state index in [-0.39, 0.29) is 0 Å². The lowest BCUT2D eigenvalue weighted by Gasteiger charge is -1.90. The maximum Gasteiger partial charge on any atom is 0.0226 e. The van der Waals surface area contributed by atoms with E-state index in [0.29, 0.717) is 6.04 Å². The minimum absolute atomic E-state index is 0.366. The van der Waals surface area contributed by atoms with Gasteiger partial charge in [0.05, 0.1) is 0 Å². The highest BCUT2D eigenvalue weighted by Gasteiger charge is 1.99. The standard InChI is InChI=1S/C5H9N/c6-5-3-1-2-4-5/h1,3,5H,2,4,6H2. The Hall–Kier alpha value is -0.300. The Morgan fingerprint density at radius 3 is 2.67 bits per heavy atom. The van der Waals surface area contributed by atoms with E-state index in [1.54, 1.807) is 0 Å². The van der Waals surface area contributed by atoms with Gasteiger partial charge in [-0.3, -0.25) is 0 Å². The second kappa shape index (κ2) is 1.43. The molecule has 1 unspecified atom stereocenters. The molecule has 1 rings (SSSR count). The van der Waals surface area contributed by atoms with Gasteiger partial charge in [-0.15, -0.1) is 0 Å². The average molecular weight is 83.1 g/mol. The molecule has 1 atom stereocenters. The van der Waals surface area contributed by atoms with Gasteiger partial charge >= 0.3 is 0 Å². The van der Waals surface area contributed by atoms with Gasteiger partial charge < -0.3 is 5.73 Å². The molecule has 1 aliphatic carbocycles. The molecule has 0 heterocycles. The molecule has 0 spiro atoms. The van der Waals surface area contributed by atoms with Crippen LogP contribution in [0.3, 0.4) is 0 Å². The van der Waals surface area contributed by atoms with Crippen molar-refractivity contribution in [3.63, 3.8) is 0 Å². The fourth-order valence-electron chi connectivity index (χ4n) is 0.656. The quantitative estimate of drug-likeness (QED) is 0.428. The van der Waals surface area contributed by atoms with E-state index in [1.165, 1.54) is 6.42 Å². The van der Waals surface area contributed by atoms with Crippen LogP contribution in [0.2, 0.25) is 0 Å². The minimum atomic E-state index is 0.366. The van der Waals surface area contributed by atoms with Crippen molar-refractivity contribution in [3.8, 4) is 0 Å². The lowest BCUT2D eigenvalue weighted by molar-refractivity contribution is 0.780. The van der Waals surface area contributed by atoms with Gasteiger partial charge in [0.2, 0.25) is 0 Å². The average Bonchev–Trinajstić information content (AvgIpc) is 1.86. The third-order valence-electron chi connectivity index (χ3n) is 1.05. The predicted molar refractivity (Wildman–Crippen MR) is 26.3 cm³/mol. The van der Waals surface area contributed by atoms with Gasteiger partial charge in [0.25, 0.3) is 0 Å². The zero-order valence-electron chi connectivity index (χ0n) is 3.72. The largest absolute Gasteiger partial charge is 0.324 e. The van der Waals surface area contributed by atoms with Crippen molar-refractivity contribution in [2.45, 2.75) is 18.9 Å². The molecule has 0 amide bonds. The molecule has 6 heavy (non-hydrogen) atoms. The van der Waals surface area contributed by atoms with E-state index in [4.69, 9.17) is 5.73 Å². The van der Waals surface area contributed by atoms with E-state index in [9.17, 15) is 0 Å². The molecule has 1 nitrogen and oxygen atoms in total. The molecule has 1 heteroatoms. The molecular weight excluding hydrogens is 74.1 g/mol. The summed E-state index contributed by atoms with van der Waals surface area (Å²) in [5, 5.41) is 0. The summed E-state index contributed by atoms with van der Waals surface area (Å²) >= 11 is 0. The zero-order chi connectivity index (χ0) is 4.41. The number of rotatable bonds is 0. The van der Waals surface area contributed by atoms with Gasteiger partial charge in [-0.05, 0) is 12.8 Å². The Bertz CT molecular complexity index is 66.3. The number of hydrogen-bond acceptors (Lipinski definition) is 1. The first-order valence-corrected chi connectivity index (χ1v) is 2.32. The Labute approximate surface area is 37.8 Å². The van der Waals surface area contributed by atoms with Crippen LogP contribution in [0.1, 0.15) is 12.8 Å². The first-order valence-electron chi connectivity index (χ1n) is 2.32. The van der Waals surface area contributed by atoms with Crippen LogP contribution < -0.4 is 5.73 Å². The van der Waals surface area contributed by atoms with Crippen LogP contribution in [0.15, 0.2) is 12.2 Å². The SMILES string of the molecule is NC1C=CCC1. The molecule has 0 aromatic rings. The highest BCUT2D eigenvalue weighted by Crippen LogP contribution is 2.04. The molecule has 34 valence electrons. The Balaban J connectivity index is 2.38. The molecule has 0 bridgehead atoms. The van der Waals surface area contributed by atoms with E-state index >= 15 is 0 Å². The first kappa shape index (κ1) is 3.88. The maximum absolute atomic E-state index is 5.45. The fourth-order valence-corrected chi connectivity index (χ4v) is 0.656. The summed E-state index contributed by atoms with van der Waals surface area (Å²) in [5.74, 6) is 0. The van der Waals surface area contributed by atoms with E-state index < -0.39 is 0 Å². The topological polar surface area (TPSA) is 26.0 Å². The Morgan fingerprint density at radius 1 is 1.67 bits per heavy atom. The van der Waals surface area contributed by atoms with Crippen LogP contribution in [0.25, 0.3) is 0 Å². The minimum Gasteiger partial charge on any atom is -0.324 e. The summed E-state index contributed by atoms with van der Waals surface area (Å²) in [6.07, 6.45) is 6.52. The van der Waals surface area contributed by atoms with Gasteiger partial charge in [0, 0.05) is 6.04 Å². The van der Waals surface area contributed by atoms with Gasteiger partial charge in [0.15, 0.2) is 0 Å². The first-order chi connectivity index (χ1) is 2.89. The van der Waals surface area contributed by atoms with Crippen LogP contribution in [-0.2, 0) is 0 Å². The third-order valence-corrected chi connectivity index (χ3v) is 1.05. The molecule has 0 aromatic heterocycles. The summed E-state index contributed by atoms with van der Waals surface area (Å²) in [7, 11) is 0. The summed E-state index contributed by atoms with van der Waals surface area (Å²) in [6, 6.07) is 0.366. The number of hydrogen-bond donors (Lipinski definition) is 1. The molecule has 0 fully saturated rings. The normalized spacial score (nSPS) is 31.8. The molecule has 0 radical (unpaired) electrons. The summed E-state index contributed by atoms with van der Waals surface area (Å²) in [4.78, 5) is 0. The predicted octanol–water partition coefficient (Wildman–Crippen LogP) is 0.664. The molecule has 2 N–H and O–H groups in total. The van der Waals surface area contributed by atoms with Crippen molar-refractivity contribution < 1.29 is 0 Å². The lowest BCUT2D eigenvalue weighted by atomic mass is 10.3. The summed E-state index contributed by atoms with van der Waals surface area (Å²) < 4.78 is 0. The van der Waals surface area contributed by atoms with Gasteiger partial charge in [0.1, 0.15) is 0 Å². The van der Waals surface area contributed by atoms with Crippen molar-refractivity contribution in [2.75, 3.05) is 0 Å². The smallest absolute Gasteiger partial charge is 0.0226 e. The molecule has 0 aliphatic heterocycles. The monoisotopic (exact) mass is 83.1 g/mol. The van der Waals surface area contributed by atoms with Crippen LogP contribution in [-0.4, -0.2) is 6.04 Å². The highest BCUT2D eigenvalue weighted by atomic mass is 14.6. The van der Waals surface area contributed by atoms with E-state index in [1.807, 2.05) is 0 Å². The van der Waals surface area contributed by atoms with Crippen molar-refractivity contribution in [1.82, 2.24) is 0 Å². The fraction of sp³-hybridized carbons (Fsp3) is 0.600.